The molecule has 4 unspecified atom stereocenters. The highest BCUT2D eigenvalue weighted by Crippen LogP contribution is 2.38. The first-order valence-corrected chi connectivity index (χ1v) is 25.2. The van der Waals surface area contributed by atoms with Gasteiger partial charge < -0.3 is 34.0 Å². The number of aliphatic hydroxyl groups is 2. The number of phosphoric ester groups is 1. The summed E-state index contributed by atoms with van der Waals surface area (Å²) in [4.78, 5) is 25.4. The number of rotatable bonds is 42. The van der Waals surface area contributed by atoms with Crippen LogP contribution in [0.2, 0.25) is 0 Å². The van der Waals surface area contributed by atoms with Gasteiger partial charge >= 0.3 is 0 Å². The Kier molecular flexibility index (Phi) is 39.0. The molecule has 0 fully saturated rings. The third kappa shape index (κ3) is 41.3. The highest BCUT2D eigenvalue weighted by Gasteiger charge is 2.29. The Labute approximate surface area is 363 Å². The molecule has 0 rings (SSSR count). The Balaban J connectivity index is 4.41. The first kappa shape index (κ1) is 57.2. The van der Waals surface area contributed by atoms with Crippen molar-refractivity contribution >= 4 is 13.7 Å². The molecule has 0 aliphatic rings. The second-order valence-electron chi connectivity index (χ2n) is 17.2. The third-order valence-corrected chi connectivity index (χ3v) is 11.3. The van der Waals surface area contributed by atoms with Crippen molar-refractivity contribution in [2.45, 2.75) is 205 Å². The number of hydrogen-bond donors (Lipinski definition) is 3. The zero-order valence-corrected chi connectivity index (χ0v) is 39.4. The number of allylic oxidation sites excluding steroid dienone is 10. The second kappa shape index (κ2) is 40.2. The summed E-state index contributed by atoms with van der Waals surface area (Å²) in [6, 6.07) is -1.09. The molecule has 0 bridgehead atoms. The summed E-state index contributed by atoms with van der Waals surface area (Å²) < 4.78 is 23.1. The number of nitrogens with one attached hydrogen (secondary N) is 1. The van der Waals surface area contributed by atoms with Gasteiger partial charge in [-0.3, -0.25) is 9.36 Å². The lowest BCUT2D eigenvalue weighted by molar-refractivity contribution is -0.870. The number of nitrogens with zero attached hydrogens (tertiary/aromatic N) is 1. The SMILES string of the molecule is CC/C=C\C/C=C\C/C=C\C/C=C\CCCCCCCCCCCCC(=O)NC(COP(=O)([O-])OCC[N+](C)(C)C)C(O)C(O)CCC/C=C/CCCCCCCCC. The maximum Gasteiger partial charge on any atom is 0.268 e. The summed E-state index contributed by atoms with van der Waals surface area (Å²) in [5, 5.41) is 24.6. The van der Waals surface area contributed by atoms with Crippen molar-refractivity contribution in [3.05, 3.63) is 60.8 Å². The first-order valence-electron chi connectivity index (χ1n) is 23.7. The van der Waals surface area contributed by atoms with E-state index >= 15 is 0 Å². The Morgan fingerprint density at radius 1 is 0.627 bits per heavy atom. The summed E-state index contributed by atoms with van der Waals surface area (Å²) in [6.45, 7) is 4.28. The van der Waals surface area contributed by atoms with Crippen molar-refractivity contribution in [2.75, 3.05) is 40.9 Å². The Bertz CT molecular complexity index is 1160. The highest BCUT2D eigenvalue weighted by molar-refractivity contribution is 7.45. The van der Waals surface area contributed by atoms with Gasteiger partial charge in [0.2, 0.25) is 5.91 Å². The van der Waals surface area contributed by atoms with E-state index in [2.05, 4.69) is 79.9 Å². The first-order chi connectivity index (χ1) is 28.4. The molecular weight excluding hydrogens is 760 g/mol. The molecule has 4 atom stereocenters. The van der Waals surface area contributed by atoms with E-state index in [9.17, 15) is 24.5 Å². The lowest BCUT2D eigenvalue weighted by Crippen LogP contribution is -2.51. The van der Waals surface area contributed by atoms with Crippen LogP contribution in [0.5, 0.6) is 0 Å². The zero-order valence-electron chi connectivity index (χ0n) is 38.5. The average molecular weight is 851 g/mol. The number of carbonyl (C=O) groups is 1. The second-order valence-corrected chi connectivity index (χ2v) is 18.6. The molecule has 0 heterocycles. The number of amides is 1. The average Bonchev–Trinajstić information content (AvgIpc) is 3.19. The van der Waals surface area contributed by atoms with Crippen LogP contribution >= 0.6 is 7.82 Å². The lowest BCUT2D eigenvalue weighted by Gasteiger charge is -2.31. The molecule has 1 amide bonds. The predicted octanol–water partition coefficient (Wildman–Crippen LogP) is 11.8. The fraction of sp³-hybridized carbons (Fsp3) is 0.776. The van der Waals surface area contributed by atoms with Crippen LogP contribution in [-0.4, -0.2) is 79.8 Å². The molecule has 3 N–H and O–H groups in total. The molecule has 0 aromatic rings. The summed E-state index contributed by atoms with van der Waals surface area (Å²) in [7, 11) is 1.10. The summed E-state index contributed by atoms with van der Waals surface area (Å²) >= 11 is 0. The van der Waals surface area contributed by atoms with Gasteiger partial charge in [-0.1, -0.05) is 164 Å². The van der Waals surface area contributed by atoms with Gasteiger partial charge in [0, 0.05) is 6.42 Å². The minimum Gasteiger partial charge on any atom is -0.756 e. The molecule has 0 aliphatic heterocycles. The monoisotopic (exact) mass is 851 g/mol. The number of unbranched alkanes of at least 4 members (excludes halogenated alkanes) is 18. The van der Waals surface area contributed by atoms with E-state index < -0.39 is 32.7 Å². The van der Waals surface area contributed by atoms with Crippen LogP contribution in [-0.2, 0) is 18.4 Å². The van der Waals surface area contributed by atoms with E-state index in [4.69, 9.17) is 9.05 Å². The zero-order chi connectivity index (χ0) is 43.7. The number of carbonyl (C=O) groups excluding carboxylic acids is 1. The maximum absolute atomic E-state index is 12.9. The Morgan fingerprint density at radius 2 is 1.07 bits per heavy atom. The van der Waals surface area contributed by atoms with E-state index in [1.54, 1.807) is 0 Å². The number of quaternary nitrogens is 1. The van der Waals surface area contributed by atoms with Crippen LogP contribution in [0.3, 0.4) is 0 Å². The molecule has 0 spiro atoms. The number of likely N-dealkylation sites (N-methyl/N-ethyl adjacent to an activating group) is 1. The van der Waals surface area contributed by atoms with Gasteiger partial charge in [0.25, 0.3) is 7.82 Å². The topological polar surface area (TPSA) is 128 Å². The molecule has 0 saturated heterocycles. The standard InChI is InChI=1S/C49H91N2O7P/c1-6-8-10-12-14-16-18-20-21-22-23-24-25-26-27-28-29-30-32-34-36-38-40-42-48(53)50-46(45-58-59(55,56)57-44-43-51(3,4)5)49(54)47(52)41-39-37-35-33-31-19-17-15-13-11-9-7-2/h8,10,14,16,20-21,23-24,33,35,46-47,49,52,54H,6-7,9,11-13,15,17-19,22,25-32,34,36-45H2,1-5H3,(H-,50,53,55,56)/b10-8-,16-14-,21-20-,24-23-,35-33+. The van der Waals surface area contributed by atoms with Crippen molar-refractivity contribution in [3.63, 3.8) is 0 Å². The predicted molar refractivity (Wildman–Crippen MR) is 248 cm³/mol. The van der Waals surface area contributed by atoms with Crippen molar-refractivity contribution in [1.29, 1.82) is 0 Å². The minimum atomic E-state index is -4.68. The highest BCUT2D eigenvalue weighted by atomic mass is 31.2. The van der Waals surface area contributed by atoms with Gasteiger partial charge in [0.05, 0.1) is 39.9 Å². The van der Waals surface area contributed by atoms with Gasteiger partial charge in [-0.25, -0.2) is 0 Å². The van der Waals surface area contributed by atoms with E-state index in [1.807, 2.05) is 21.1 Å². The summed E-state index contributed by atoms with van der Waals surface area (Å²) in [5.41, 5.74) is 0. The van der Waals surface area contributed by atoms with Gasteiger partial charge in [0.1, 0.15) is 19.3 Å². The van der Waals surface area contributed by atoms with Crippen LogP contribution < -0.4 is 10.2 Å². The largest absolute Gasteiger partial charge is 0.756 e. The molecule has 0 aromatic heterocycles. The Hall–Kier alpha value is -1.84. The van der Waals surface area contributed by atoms with E-state index in [0.29, 0.717) is 30.3 Å². The Morgan fingerprint density at radius 3 is 1.58 bits per heavy atom. The fourth-order valence-electron chi connectivity index (χ4n) is 6.54. The molecule has 59 heavy (non-hydrogen) atoms. The van der Waals surface area contributed by atoms with Crippen LogP contribution in [0, 0.1) is 0 Å². The fourth-order valence-corrected chi connectivity index (χ4v) is 7.26. The van der Waals surface area contributed by atoms with Gasteiger partial charge in [-0.15, -0.1) is 0 Å². The molecule has 0 aliphatic carbocycles. The number of aliphatic hydroxyl groups excluding tert-OH is 2. The third-order valence-electron chi connectivity index (χ3n) is 10.3. The summed E-state index contributed by atoms with van der Waals surface area (Å²) in [5.74, 6) is -0.296. The molecule has 9 nitrogen and oxygen atoms in total. The van der Waals surface area contributed by atoms with Crippen molar-refractivity contribution < 1.29 is 38.0 Å². The van der Waals surface area contributed by atoms with Crippen LogP contribution in [0.4, 0.5) is 0 Å². The number of phosphoric acid groups is 1. The molecule has 0 aromatic carbocycles. The molecule has 344 valence electrons. The molecular formula is C49H91N2O7P. The van der Waals surface area contributed by atoms with Crippen LogP contribution in [0.25, 0.3) is 0 Å². The molecule has 10 heteroatoms. The molecule has 0 radical (unpaired) electrons. The van der Waals surface area contributed by atoms with Crippen molar-refractivity contribution in [3.8, 4) is 0 Å². The number of hydrogen-bond acceptors (Lipinski definition) is 7. The summed E-state index contributed by atoms with van der Waals surface area (Å²) in [6.07, 6.45) is 48.3. The van der Waals surface area contributed by atoms with Crippen molar-refractivity contribution in [2.24, 2.45) is 0 Å². The van der Waals surface area contributed by atoms with Gasteiger partial charge in [-0.2, -0.15) is 0 Å². The van der Waals surface area contributed by atoms with Crippen LogP contribution in [0.1, 0.15) is 187 Å². The smallest absolute Gasteiger partial charge is 0.268 e. The minimum absolute atomic E-state index is 0.0494. The molecule has 0 saturated carbocycles. The van der Waals surface area contributed by atoms with E-state index in [1.165, 1.54) is 83.5 Å². The van der Waals surface area contributed by atoms with Crippen molar-refractivity contribution in [1.82, 2.24) is 5.32 Å². The lowest BCUT2D eigenvalue weighted by atomic mass is 10.0. The van der Waals surface area contributed by atoms with E-state index in [-0.39, 0.29) is 18.9 Å². The van der Waals surface area contributed by atoms with Gasteiger partial charge in [0.15, 0.2) is 0 Å². The van der Waals surface area contributed by atoms with Crippen LogP contribution in [0.15, 0.2) is 60.8 Å². The maximum atomic E-state index is 12.9. The quantitative estimate of drug-likeness (QED) is 0.0241. The van der Waals surface area contributed by atoms with E-state index in [0.717, 1.165) is 64.2 Å². The normalized spacial score (nSPS) is 15.3. The van der Waals surface area contributed by atoms with Gasteiger partial charge in [-0.05, 0) is 77.0 Å².